The molecule has 1 unspecified atom stereocenters. The van der Waals surface area contributed by atoms with Crippen molar-refractivity contribution in [2.75, 3.05) is 0 Å². The number of benzene rings is 2. The maximum absolute atomic E-state index is 13.7. The molecule has 0 aromatic heterocycles. The average molecular weight is 435 g/mol. The van der Waals surface area contributed by atoms with E-state index >= 15 is 0 Å². The standard InChI is InChI=1S/C28H31FO3/c1-28(2)15-14-21(19-6-4-3-5-7-19)16-25(20-8-10-22(29)11-9-20)26(28)13-12-24-17-23(30)18-27(31)32-24/h3-13,21,23-24,30H,14-18H2,1-2H3/b13-12+/t21?,23-,24-/m0/s1. The molecule has 1 N–H and O–H groups in total. The molecule has 3 atom stereocenters. The molecule has 4 rings (SSSR count). The summed E-state index contributed by atoms with van der Waals surface area (Å²) in [5.74, 6) is -0.242. The minimum Gasteiger partial charge on any atom is -0.458 e. The van der Waals surface area contributed by atoms with E-state index in [-0.39, 0.29) is 23.6 Å². The average Bonchev–Trinajstić information content (AvgIpc) is 2.88. The monoisotopic (exact) mass is 434 g/mol. The minimum atomic E-state index is -0.666. The van der Waals surface area contributed by atoms with E-state index in [1.807, 2.05) is 24.3 Å². The van der Waals surface area contributed by atoms with Gasteiger partial charge in [-0.25, -0.2) is 4.39 Å². The van der Waals surface area contributed by atoms with Crippen molar-refractivity contribution in [2.45, 2.75) is 64.1 Å². The lowest BCUT2D eigenvalue weighted by Gasteiger charge is -2.28. The Morgan fingerprint density at radius 1 is 1.06 bits per heavy atom. The van der Waals surface area contributed by atoms with Crippen LogP contribution in [-0.4, -0.2) is 23.3 Å². The zero-order valence-corrected chi connectivity index (χ0v) is 18.8. The first-order valence-corrected chi connectivity index (χ1v) is 11.4. The third-order valence-corrected chi connectivity index (χ3v) is 6.75. The van der Waals surface area contributed by atoms with Crippen molar-refractivity contribution in [1.82, 2.24) is 0 Å². The quantitative estimate of drug-likeness (QED) is 0.583. The molecule has 0 radical (unpaired) electrons. The lowest BCUT2D eigenvalue weighted by molar-refractivity contribution is -0.156. The molecule has 4 heteroatoms. The van der Waals surface area contributed by atoms with Crippen LogP contribution in [0.25, 0.3) is 5.57 Å². The molecule has 1 fully saturated rings. The van der Waals surface area contributed by atoms with E-state index in [9.17, 15) is 14.3 Å². The SMILES string of the molecule is CC1(C)CCC(c2ccccc2)CC(c2ccc(F)cc2)=C1/C=C/[C@H]1C[C@H](O)CC(=O)O1. The highest BCUT2D eigenvalue weighted by Gasteiger charge is 2.32. The van der Waals surface area contributed by atoms with E-state index in [1.54, 1.807) is 0 Å². The predicted octanol–water partition coefficient (Wildman–Crippen LogP) is 6.20. The summed E-state index contributed by atoms with van der Waals surface area (Å²) < 4.78 is 19.1. The van der Waals surface area contributed by atoms with Crippen LogP contribution in [0.3, 0.4) is 0 Å². The molecule has 1 heterocycles. The molecule has 1 saturated heterocycles. The first kappa shape index (κ1) is 22.5. The van der Waals surface area contributed by atoms with E-state index in [0.717, 1.165) is 24.8 Å². The molecule has 0 amide bonds. The van der Waals surface area contributed by atoms with Crippen molar-refractivity contribution in [1.29, 1.82) is 0 Å². The summed E-state index contributed by atoms with van der Waals surface area (Å²) in [6, 6.07) is 17.3. The molecule has 2 aliphatic rings. The van der Waals surface area contributed by atoms with Gasteiger partial charge in [-0.3, -0.25) is 4.79 Å². The van der Waals surface area contributed by atoms with Crippen LogP contribution in [0.4, 0.5) is 4.39 Å². The van der Waals surface area contributed by atoms with Crippen molar-refractivity contribution in [2.24, 2.45) is 5.41 Å². The maximum atomic E-state index is 13.7. The Kier molecular flexibility index (Phi) is 6.61. The van der Waals surface area contributed by atoms with E-state index in [2.05, 4.69) is 44.2 Å². The van der Waals surface area contributed by atoms with E-state index in [0.29, 0.717) is 12.3 Å². The van der Waals surface area contributed by atoms with E-state index in [1.165, 1.54) is 28.8 Å². The largest absolute Gasteiger partial charge is 0.458 e. The van der Waals surface area contributed by atoms with Crippen molar-refractivity contribution in [3.63, 3.8) is 0 Å². The van der Waals surface area contributed by atoms with Crippen molar-refractivity contribution in [3.05, 3.63) is 89.3 Å². The van der Waals surface area contributed by atoms with Gasteiger partial charge < -0.3 is 9.84 Å². The highest BCUT2D eigenvalue weighted by Crippen LogP contribution is 2.47. The summed E-state index contributed by atoms with van der Waals surface area (Å²) in [4.78, 5) is 11.8. The zero-order chi connectivity index (χ0) is 22.7. The number of allylic oxidation sites excluding steroid dienone is 3. The van der Waals surface area contributed by atoms with Crippen molar-refractivity contribution >= 4 is 11.5 Å². The summed E-state index contributed by atoms with van der Waals surface area (Å²) in [6.07, 6.45) is 6.25. The van der Waals surface area contributed by atoms with Crippen LogP contribution in [0, 0.1) is 11.2 Å². The number of halogens is 1. The summed E-state index contributed by atoms with van der Waals surface area (Å²) in [5.41, 5.74) is 4.60. The second-order valence-electron chi connectivity index (χ2n) is 9.61. The van der Waals surface area contributed by atoms with Crippen molar-refractivity contribution < 1.29 is 19.0 Å². The number of cyclic esters (lactones) is 1. The lowest BCUT2D eigenvalue weighted by atomic mass is 9.77. The maximum Gasteiger partial charge on any atom is 0.309 e. The first-order valence-electron chi connectivity index (χ1n) is 11.4. The molecule has 1 aliphatic heterocycles. The predicted molar refractivity (Wildman–Crippen MR) is 124 cm³/mol. The number of rotatable bonds is 4. The molecule has 2 aromatic carbocycles. The Labute approximate surface area is 189 Å². The van der Waals surface area contributed by atoms with Gasteiger partial charge in [-0.2, -0.15) is 0 Å². The third-order valence-electron chi connectivity index (χ3n) is 6.75. The molecule has 3 nitrogen and oxygen atoms in total. The summed E-state index contributed by atoms with van der Waals surface area (Å²) in [6.45, 7) is 4.48. The Morgan fingerprint density at radius 3 is 2.47 bits per heavy atom. The highest BCUT2D eigenvalue weighted by molar-refractivity contribution is 5.74. The second kappa shape index (κ2) is 9.41. The first-order chi connectivity index (χ1) is 15.3. The summed E-state index contributed by atoms with van der Waals surface area (Å²) in [5, 5.41) is 9.97. The van der Waals surface area contributed by atoms with Gasteiger partial charge in [0.2, 0.25) is 0 Å². The van der Waals surface area contributed by atoms with Gasteiger partial charge in [-0.15, -0.1) is 0 Å². The van der Waals surface area contributed by atoms with Crippen LogP contribution in [-0.2, 0) is 9.53 Å². The fourth-order valence-corrected chi connectivity index (χ4v) is 4.93. The van der Waals surface area contributed by atoms with E-state index < -0.39 is 12.2 Å². The molecule has 1 aliphatic carbocycles. The van der Waals surface area contributed by atoms with Crippen molar-refractivity contribution in [3.8, 4) is 0 Å². The van der Waals surface area contributed by atoms with Gasteiger partial charge in [0, 0.05) is 6.42 Å². The fraction of sp³-hybridized carbons (Fsp3) is 0.393. The van der Waals surface area contributed by atoms with Crippen LogP contribution in [0.1, 0.15) is 63.0 Å². The molecule has 0 saturated carbocycles. The minimum absolute atomic E-state index is 0.0537. The Hall–Kier alpha value is -2.72. The summed E-state index contributed by atoms with van der Waals surface area (Å²) >= 11 is 0. The summed E-state index contributed by atoms with van der Waals surface area (Å²) in [7, 11) is 0. The number of hydrogen-bond donors (Lipinski definition) is 1. The number of ether oxygens (including phenoxy) is 1. The van der Waals surface area contributed by atoms with Crippen LogP contribution in [0.2, 0.25) is 0 Å². The number of aliphatic hydroxyl groups excluding tert-OH is 1. The van der Waals surface area contributed by atoms with Crippen LogP contribution >= 0.6 is 0 Å². The van der Waals surface area contributed by atoms with Crippen LogP contribution in [0.5, 0.6) is 0 Å². The van der Waals surface area contributed by atoms with Gasteiger partial charge in [0.05, 0.1) is 12.5 Å². The van der Waals surface area contributed by atoms with Gasteiger partial charge in [0.15, 0.2) is 0 Å². The molecule has 0 bridgehead atoms. The molecule has 32 heavy (non-hydrogen) atoms. The van der Waals surface area contributed by atoms with Gasteiger partial charge in [-0.05, 0) is 71.1 Å². The number of aliphatic hydroxyl groups is 1. The Morgan fingerprint density at radius 2 is 1.78 bits per heavy atom. The van der Waals surface area contributed by atoms with E-state index in [4.69, 9.17) is 4.74 Å². The Balaban J connectivity index is 1.76. The van der Waals surface area contributed by atoms with Crippen LogP contribution < -0.4 is 0 Å². The second-order valence-corrected chi connectivity index (χ2v) is 9.61. The van der Waals surface area contributed by atoms with Gasteiger partial charge in [-0.1, -0.05) is 62.4 Å². The molecular weight excluding hydrogens is 403 g/mol. The smallest absolute Gasteiger partial charge is 0.309 e. The third kappa shape index (κ3) is 5.18. The Bertz CT molecular complexity index is 1000. The molecule has 2 aromatic rings. The lowest BCUT2D eigenvalue weighted by Crippen LogP contribution is -2.31. The van der Waals surface area contributed by atoms with Gasteiger partial charge in [0.25, 0.3) is 0 Å². The topological polar surface area (TPSA) is 46.5 Å². The fourth-order valence-electron chi connectivity index (χ4n) is 4.93. The number of carbonyl (C=O) groups excluding carboxylic acids is 1. The highest BCUT2D eigenvalue weighted by atomic mass is 19.1. The zero-order valence-electron chi connectivity index (χ0n) is 18.8. The number of esters is 1. The van der Waals surface area contributed by atoms with Gasteiger partial charge in [0.1, 0.15) is 11.9 Å². The normalized spacial score (nSPS) is 26.1. The number of carbonyl (C=O) groups is 1. The van der Waals surface area contributed by atoms with Gasteiger partial charge >= 0.3 is 5.97 Å². The molecular formula is C28H31FO3. The molecule has 0 spiro atoms. The number of hydrogen-bond acceptors (Lipinski definition) is 3. The molecule has 168 valence electrons. The van der Waals surface area contributed by atoms with Crippen LogP contribution in [0.15, 0.2) is 72.3 Å².